The van der Waals surface area contributed by atoms with Gasteiger partial charge in [0.2, 0.25) is 10.0 Å². The second kappa shape index (κ2) is 6.86. The molecule has 0 radical (unpaired) electrons. The lowest BCUT2D eigenvalue weighted by atomic mass is 10.2. The van der Waals surface area contributed by atoms with Crippen molar-refractivity contribution in [3.8, 4) is 11.8 Å². The minimum absolute atomic E-state index is 0.0243. The molecule has 2 rings (SSSR count). The van der Waals surface area contributed by atoms with Crippen LogP contribution in [0.1, 0.15) is 12.0 Å². The SMILES string of the molecule is O=S(=O)(c1ccc(C#CCCO)cc1)N1CCOCC1. The molecule has 0 saturated carbocycles. The lowest BCUT2D eigenvalue weighted by Crippen LogP contribution is -2.40. The molecule has 1 saturated heterocycles. The Labute approximate surface area is 119 Å². The van der Waals surface area contributed by atoms with Crippen molar-refractivity contribution < 1.29 is 18.3 Å². The van der Waals surface area contributed by atoms with Gasteiger partial charge in [0.15, 0.2) is 0 Å². The number of nitrogens with zero attached hydrogens (tertiary/aromatic N) is 1. The molecule has 0 aromatic heterocycles. The van der Waals surface area contributed by atoms with Crippen molar-refractivity contribution in [2.45, 2.75) is 11.3 Å². The van der Waals surface area contributed by atoms with Gasteiger partial charge in [-0.2, -0.15) is 4.31 Å². The van der Waals surface area contributed by atoms with Gasteiger partial charge in [0.05, 0.1) is 24.7 Å². The van der Waals surface area contributed by atoms with Crippen molar-refractivity contribution in [3.05, 3.63) is 29.8 Å². The average Bonchev–Trinajstić information content (AvgIpc) is 2.49. The van der Waals surface area contributed by atoms with Crippen LogP contribution in [0.3, 0.4) is 0 Å². The van der Waals surface area contributed by atoms with Crippen LogP contribution in [0.2, 0.25) is 0 Å². The summed E-state index contributed by atoms with van der Waals surface area (Å²) >= 11 is 0. The molecule has 0 spiro atoms. The summed E-state index contributed by atoms with van der Waals surface area (Å²) in [4.78, 5) is 0.270. The van der Waals surface area contributed by atoms with Crippen LogP contribution in [0.25, 0.3) is 0 Å². The van der Waals surface area contributed by atoms with Crippen LogP contribution in [0.15, 0.2) is 29.2 Å². The van der Waals surface area contributed by atoms with E-state index in [0.29, 0.717) is 32.7 Å². The van der Waals surface area contributed by atoms with E-state index in [9.17, 15) is 8.42 Å². The van der Waals surface area contributed by atoms with E-state index >= 15 is 0 Å². The van der Waals surface area contributed by atoms with E-state index < -0.39 is 10.0 Å². The van der Waals surface area contributed by atoms with Crippen LogP contribution in [0, 0.1) is 11.8 Å². The number of rotatable bonds is 3. The Morgan fingerprint density at radius 1 is 1.20 bits per heavy atom. The summed E-state index contributed by atoms with van der Waals surface area (Å²) in [6.45, 7) is 1.67. The van der Waals surface area contributed by atoms with Crippen LogP contribution < -0.4 is 0 Å². The van der Waals surface area contributed by atoms with Crippen molar-refractivity contribution in [1.82, 2.24) is 4.31 Å². The van der Waals surface area contributed by atoms with Crippen LogP contribution in [-0.4, -0.2) is 50.7 Å². The molecule has 0 aliphatic carbocycles. The lowest BCUT2D eigenvalue weighted by molar-refractivity contribution is 0.0730. The molecule has 1 N–H and O–H groups in total. The first-order valence-electron chi connectivity index (χ1n) is 6.42. The summed E-state index contributed by atoms with van der Waals surface area (Å²) in [7, 11) is -3.44. The van der Waals surface area contributed by atoms with Crippen molar-refractivity contribution in [2.75, 3.05) is 32.9 Å². The number of aliphatic hydroxyl groups is 1. The summed E-state index contributed by atoms with van der Waals surface area (Å²) in [5.74, 6) is 5.66. The summed E-state index contributed by atoms with van der Waals surface area (Å²) in [5, 5.41) is 8.64. The maximum Gasteiger partial charge on any atom is 0.243 e. The van der Waals surface area contributed by atoms with Crippen molar-refractivity contribution in [2.24, 2.45) is 0 Å². The zero-order valence-electron chi connectivity index (χ0n) is 11.1. The van der Waals surface area contributed by atoms with E-state index in [-0.39, 0.29) is 11.5 Å². The molecular weight excluding hydrogens is 278 g/mol. The molecule has 1 aromatic rings. The molecule has 0 unspecified atom stereocenters. The molecule has 20 heavy (non-hydrogen) atoms. The molecule has 0 amide bonds. The van der Waals surface area contributed by atoms with Gasteiger partial charge in [-0.05, 0) is 24.3 Å². The number of sulfonamides is 1. The van der Waals surface area contributed by atoms with Gasteiger partial charge in [0.25, 0.3) is 0 Å². The van der Waals surface area contributed by atoms with Gasteiger partial charge in [-0.15, -0.1) is 0 Å². The third-order valence-electron chi connectivity index (χ3n) is 2.93. The van der Waals surface area contributed by atoms with Crippen molar-refractivity contribution >= 4 is 10.0 Å². The Morgan fingerprint density at radius 2 is 1.85 bits per heavy atom. The van der Waals surface area contributed by atoms with Gasteiger partial charge in [0.1, 0.15) is 0 Å². The highest BCUT2D eigenvalue weighted by Crippen LogP contribution is 2.17. The standard InChI is InChI=1S/C14H17NO4S/c16-10-2-1-3-13-4-6-14(7-5-13)20(17,18)15-8-11-19-12-9-15/h4-7,16H,2,8-12H2. The highest BCUT2D eigenvalue weighted by Gasteiger charge is 2.25. The topological polar surface area (TPSA) is 66.8 Å². The van der Waals surface area contributed by atoms with E-state index in [1.54, 1.807) is 24.3 Å². The molecule has 1 aromatic carbocycles. The Hall–Kier alpha value is -1.39. The Morgan fingerprint density at radius 3 is 2.45 bits per heavy atom. The first-order valence-corrected chi connectivity index (χ1v) is 7.86. The quantitative estimate of drug-likeness (QED) is 0.822. The van der Waals surface area contributed by atoms with Crippen LogP contribution in [0.4, 0.5) is 0 Å². The molecule has 1 aliphatic heterocycles. The maximum absolute atomic E-state index is 12.4. The summed E-state index contributed by atoms with van der Waals surface area (Å²) in [5.41, 5.74) is 0.736. The molecule has 1 heterocycles. The van der Waals surface area contributed by atoms with E-state index in [1.165, 1.54) is 4.31 Å². The minimum atomic E-state index is -3.44. The molecule has 108 valence electrons. The molecular formula is C14H17NO4S. The number of morpholine rings is 1. The zero-order chi connectivity index (χ0) is 14.4. The Kier molecular flexibility index (Phi) is 5.15. The van der Waals surface area contributed by atoms with Gasteiger partial charge in [-0.3, -0.25) is 0 Å². The molecule has 5 nitrogen and oxygen atoms in total. The number of hydrogen-bond acceptors (Lipinski definition) is 4. The van der Waals surface area contributed by atoms with Crippen LogP contribution in [-0.2, 0) is 14.8 Å². The highest BCUT2D eigenvalue weighted by atomic mass is 32.2. The summed E-state index contributed by atoms with van der Waals surface area (Å²) in [6.07, 6.45) is 0.411. The maximum atomic E-state index is 12.4. The molecule has 1 fully saturated rings. The Bertz CT molecular complexity index is 592. The van der Waals surface area contributed by atoms with Crippen LogP contribution >= 0.6 is 0 Å². The highest BCUT2D eigenvalue weighted by molar-refractivity contribution is 7.89. The fraction of sp³-hybridized carbons (Fsp3) is 0.429. The van der Waals surface area contributed by atoms with E-state index in [4.69, 9.17) is 9.84 Å². The van der Waals surface area contributed by atoms with Gasteiger partial charge < -0.3 is 9.84 Å². The third-order valence-corrected chi connectivity index (χ3v) is 4.84. The predicted octanol–water partition coefficient (Wildman–Crippen LogP) is 0.441. The average molecular weight is 295 g/mol. The zero-order valence-corrected chi connectivity index (χ0v) is 11.9. The number of ether oxygens (including phenoxy) is 1. The number of benzene rings is 1. The monoisotopic (exact) mass is 295 g/mol. The van der Waals surface area contributed by atoms with Gasteiger partial charge in [0, 0.05) is 25.1 Å². The molecule has 0 atom stereocenters. The number of aliphatic hydroxyl groups excluding tert-OH is 1. The van der Waals surface area contributed by atoms with Gasteiger partial charge in [-0.25, -0.2) is 8.42 Å². The second-order valence-electron chi connectivity index (χ2n) is 4.32. The smallest absolute Gasteiger partial charge is 0.243 e. The molecule has 1 aliphatic rings. The minimum Gasteiger partial charge on any atom is -0.395 e. The van der Waals surface area contributed by atoms with E-state index in [2.05, 4.69) is 11.8 Å². The summed E-state index contributed by atoms with van der Waals surface area (Å²) < 4.78 is 31.3. The van der Waals surface area contributed by atoms with Crippen molar-refractivity contribution in [3.63, 3.8) is 0 Å². The second-order valence-corrected chi connectivity index (χ2v) is 6.25. The normalized spacial score (nSPS) is 16.4. The fourth-order valence-corrected chi connectivity index (χ4v) is 3.27. The third kappa shape index (κ3) is 3.58. The number of hydrogen-bond donors (Lipinski definition) is 1. The summed E-state index contributed by atoms with van der Waals surface area (Å²) in [6, 6.07) is 6.48. The van der Waals surface area contributed by atoms with Crippen molar-refractivity contribution in [1.29, 1.82) is 0 Å². The Balaban J connectivity index is 2.15. The fourth-order valence-electron chi connectivity index (χ4n) is 1.87. The van der Waals surface area contributed by atoms with Crippen LogP contribution in [0.5, 0.6) is 0 Å². The first kappa shape index (κ1) is 15.0. The van der Waals surface area contributed by atoms with E-state index in [0.717, 1.165) is 5.56 Å². The lowest BCUT2D eigenvalue weighted by Gasteiger charge is -2.26. The molecule has 6 heteroatoms. The van der Waals surface area contributed by atoms with Gasteiger partial charge in [-0.1, -0.05) is 11.8 Å². The van der Waals surface area contributed by atoms with Gasteiger partial charge >= 0.3 is 0 Å². The predicted molar refractivity (Wildman–Crippen MR) is 74.6 cm³/mol. The first-order chi connectivity index (χ1) is 9.64. The van der Waals surface area contributed by atoms with E-state index in [1.807, 2.05) is 0 Å². The largest absolute Gasteiger partial charge is 0.395 e. The molecule has 0 bridgehead atoms.